The van der Waals surface area contributed by atoms with Crippen molar-refractivity contribution in [2.24, 2.45) is 5.41 Å². The molecule has 3 heterocycles. The zero-order valence-corrected chi connectivity index (χ0v) is 13.3. The van der Waals surface area contributed by atoms with Crippen LogP contribution < -0.4 is 5.32 Å². The summed E-state index contributed by atoms with van der Waals surface area (Å²) in [6, 6.07) is 0.595. The van der Waals surface area contributed by atoms with Gasteiger partial charge >= 0.3 is 0 Å². The van der Waals surface area contributed by atoms with Crippen molar-refractivity contribution in [2.75, 3.05) is 53.0 Å². The number of ether oxygens (including phenoxy) is 1. The molecule has 0 aromatic heterocycles. The van der Waals surface area contributed by atoms with E-state index >= 15 is 0 Å². The number of carbonyl (C=O) groups is 1. The largest absolute Gasteiger partial charge is 0.384 e. The Bertz CT molecular complexity index is 357. The van der Waals surface area contributed by atoms with Crippen molar-refractivity contribution in [1.82, 2.24) is 15.1 Å². The summed E-state index contributed by atoms with van der Waals surface area (Å²) in [4.78, 5) is 17.8. The third-order valence-corrected chi connectivity index (χ3v) is 5.54. The lowest BCUT2D eigenvalue weighted by molar-refractivity contribution is -0.146. The maximum Gasteiger partial charge on any atom is 0.231 e. The number of rotatable bonds is 4. The Labute approximate surface area is 128 Å². The van der Waals surface area contributed by atoms with Gasteiger partial charge in [0.1, 0.15) is 0 Å². The van der Waals surface area contributed by atoms with Crippen LogP contribution in [0.3, 0.4) is 0 Å². The van der Waals surface area contributed by atoms with Crippen LogP contribution in [-0.2, 0) is 9.53 Å². The summed E-state index contributed by atoms with van der Waals surface area (Å²) in [6.45, 7) is 6.73. The molecule has 0 aromatic rings. The van der Waals surface area contributed by atoms with Crippen LogP contribution in [-0.4, -0.2) is 74.7 Å². The van der Waals surface area contributed by atoms with Crippen molar-refractivity contribution in [3.8, 4) is 0 Å². The summed E-state index contributed by atoms with van der Waals surface area (Å²) in [6.07, 6.45) is 5.61. The normalized spacial score (nSPS) is 30.0. The minimum Gasteiger partial charge on any atom is -0.384 e. The molecule has 0 bridgehead atoms. The van der Waals surface area contributed by atoms with Crippen LogP contribution in [0.25, 0.3) is 0 Å². The Morgan fingerprint density at radius 2 is 1.95 bits per heavy atom. The highest BCUT2D eigenvalue weighted by atomic mass is 16.5. The zero-order valence-electron chi connectivity index (χ0n) is 13.3. The molecule has 3 fully saturated rings. The van der Waals surface area contributed by atoms with E-state index in [2.05, 4.69) is 15.1 Å². The van der Waals surface area contributed by atoms with E-state index in [1.807, 2.05) is 0 Å². The lowest BCUT2D eigenvalue weighted by Gasteiger charge is -2.38. The molecule has 3 aliphatic rings. The quantitative estimate of drug-likeness (QED) is 0.829. The van der Waals surface area contributed by atoms with E-state index in [9.17, 15) is 4.79 Å². The second-order valence-corrected chi connectivity index (χ2v) is 6.90. The van der Waals surface area contributed by atoms with Gasteiger partial charge in [0.15, 0.2) is 0 Å². The van der Waals surface area contributed by atoms with Crippen LogP contribution in [0, 0.1) is 5.41 Å². The van der Waals surface area contributed by atoms with Crippen molar-refractivity contribution in [2.45, 2.75) is 38.1 Å². The number of amides is 1. The fraction of sp³-hybridized carbons (Fsp3) is 0.938. The number of piperidine rings is 1. The number of carbonyl (C=O) groups excluding carboxylic acids is 1. The number of hydrogen-bond donors (Lipinski definition) is 1. The maximum absolute atomic E-state index is 13.1. The van der Waals surface area contributed by atoms with Crippen molar-refractivity contribution in [1.29, 1.82) is 0 Å². The second-order valence-electron chi connectivity index (χ2n) is 6.90. The van der Waals surface area contributed by atoms with Crippen LogP contribution in [0.2, 0.25) is 0 Å². The fourth-order valence-corrected chi connectivity index (χ4v) is 4.27. The van der Waals surface area contributed by atoms with Gasteiger partial charge in [-0.05, 0) is 58.3 Å². The third kappa shape index (κ3) is 3.10. The van der Waals surface area contributed by atoms with Crippen LogP contribution >= 0.6 is 0 Å². The lowest BCUT2D eigenvalue weighted by Crippen LogP contribution is -2.51. The molecule has 0 aromatic carbocycles. The van der Waals surface area contributed by atoms with Crippen molar-refractivity contribution in [3.05, 3.63) is 0 Å². The van der Waals surface area contributed by atoms with Gasteiger partial charge in [-0.25, -0.2) is 0 Å². The summed E-state index contributed by atoms with van der Waals surface area (Å²) < 4.78 is 5.41. The van der Waals surface area contributed by atoms with Crippen molar-refractivity contribution < 1.29 is 9.53 Å². The van der Waals surface area contributed by atoms with Gasteiger partial charge in [0.05, 0.1) is 12.0 Å². The van der Waals surface area contributed by atoms with Gasteiger partial charge in [0, 0.05) is 26.2 Å². The maximum atomic E-state index is 13.1. The van der Waals surface area contributed by atoms with E-state index in [0.717, 1.165) is 45.4 Å². The SMILES string of the molecule is COCC1(C(=O)N2CCC(N3CCCC3)C2)CCNCC1. The number of likely N-dealkylation sites (tertiary alicyclic amines) is 2. The van der Waals surface area contributed by atoms with Crippen molar-refractivity contribution >= 4 is 5.91 Å². The van der Waals surface area contributed by atoms with Crippen LogP contribution in [0.15, 0.2) is 0 Å². The minimum atomic E-state index is -0.278. The van der Waals surface area contributed by atoms with E-state index in [0.29, 0.717) is 18.6 Å². The summed E-state index contributed by atoms with van der Waals surface area (Å²) in [5.74, 6) is 0.340. The Balaban J connectivity index is 1.63. The second kappa shape index (κ2) is 6.63. The van der Waals surface area contributed by atoms with E-state index in [-0.39, 0.29) is 5.41 Å². The monoisotopic (exact) mass is 295 g/mol. The van der Waals surface area contributed by atoms with Crippen LogP contribution in [0.1, 0.15) is 32.1 Å². The predicted molar refractivity (Wildman–Crippen MR) is 82.2 cm³/mol. The highest BCUT2D eigenvalue weighted by molar-refractivity contribution is 5.83. The van der Waals surface area contributed by atoms with Gasteiger partial charge in [-0.2, -0.15) is 0 Å². The number of nitrogens with one attached hydrogen (secondary N) is 1. The molecule has 0 radical (unpaired) electrons. The van der Waals surface area contributed by atoms with Crippen LogP contribution in [0.5, 0.6) is 0 Å². The van der Waals surface area contributed by atoms with Gasteiger partial charge in [-0.15, -0.1) is 0 Å². The summed E-state index contributed by atoms with van der Waals surface area (Å²) >= 11 is 0. The number of hydrogen-bond acceptors (Lipinski definition) is 4. The Kier molecular flexibility index (Phi) is 4.82. The molecule has 0 saturated carbocycles. The Hall–Kier alpha value is -0.650. The Morgan fingerprint density at radius 3 is 2.62 bits per heavy atom. The first-order valence-corrected chi connectivity index (χ1v) is 8.48. The van der Waals surface area contributed by atoms with Gasteiger partial charge in [0.25, 0.3) is 0 Å². The molecule has 0 aliphatic carbocycles. The van der Waals surface area contributed by atoms with Gasteiger partial charge in [-0.3, -0.25) is 9.69 Å². The zero-order chi connectivity index (χ0) is 14.7. The average molecular weight is 295 g/mol. The first-order chi connectivity index (χ1) is 10.2. The fourth-order valence-electron chi connectivity index (χ4n) is 4.27. The summed E-state index contributed by atoms with van der Waals surface area (Å²) in [5, 5.41) is 3.36. The molecule has 120 valence electrons. The Morgan fingerprint density at radius 1 is 1.24 bits per heavy atom. The highest BCUT2D eigenvalue weighted by Gasteiger charge is 2.44. The highest BCUT2D eigenvalue weighted by Crippen LogP contribution is 2.33. The first-order valence-electron chi connectivity index (χ1n) is 8.48. The number of nitrogens with zero attached hydrogens (tertiary/aromatic N) is 2. The van der Waals surface area contributed by atoms with Gasteiger partial charge in [-0.1, -0.05) is 0 Å². The molecular formula is C16H29N3O2. The smallest absolute Gasteiger partial charge is 0.231 e. The van der Waals surface area contributed by atoms with E-state index < -0.39 is 0 Å². The molecule has 5 nitrogen and oxygen atoms in total. The average Bonchev–Trinajstić information content (AvgIpc) is 3.19. The molecular weight excluding hydrogens is 266 g/mol. The van der Waals surface area contributed by atoms with Gasteiger partial charge in [0.2, 0.25) is 5.91 Å². The molecule has 1 unspecified atom stereocenters. The molecule has 1 atom stereocenters. The van der Waals surface area contributed by atoms with Crippen LogP contribution in [0.4, 0.5) is 0 Å². The lowest BCUT2D eigenvalue weighted by atomic mass is 9.78. The van der Waals surface area contributed by atoms with Crippen molar-refractivity contribution in [3.63, 3.8) is 0 Å². The molecule has 3 aliphatic heterocycles. The molecule has 21 heavy (non-hydrogen) atoms. The minimum absolute atomic E-state index is 0.278. The summed E-state index contributed by atoms with van der Waals surface area (Å²) in [5.41, 5.74) is -0.278. The van der Waals surface area contributed by atoms with E-state index in [1.54, 1.807) is 7.11 Å². The molecule has 0 spiro atoms. The van der Waals surface area contributed by atoms with E-state index in [1.165, 1.54) is 25.9 Å². The summed E-state index contributed by atoms with van der Waals surface area (Å²) in [7, 11) is 1.72. The molecule has 3 saturated heterocycles. The van der Waals surface area contributed by atoms with Gasteiger partial charge < -0.3 is 15.0 Å². The topological polar surface area (TPSA) is 44.8 Å². The number of methoxy groups -OCH3 is 1. The first kappa shape index (κ1) is 15.3. The molecule has 1 amide bonds. The molecule has 5 heteroatoms. The standard InChI is InChI=1S/C16H29N3O2/c1-21-13-16(5-7-17-8-6-16)15(20)19-11-4-14(12-19)18-9-2-3-10-18/h14,17H,2-13H2,1H3. The third-order valence-electron chi connectivity index (χ3n) is 5.54. The molecule has 3 rings (SSSR count). The molecule has 1 N–H and O–H groups in total. The predicted octanol–water partition coefficient (Wildman–Crippen LogP) is 0.699. The van der Waals surface area contributed by atoms with E-state index in [4.69, 9.17) is 4.74 Å².